The van der Waals surface area contributed by atoms with Gasteiger partial charge in [0.1, 0.15) is 0 Å². The van der Waals surface area contributed by atoms with Crippen LogP contribution in [0.1, 0.15) is 29.3 Å². The molecule has 0 saturated heterocycles. The average Bonchev–Trinajstić information content (AvgIpc) is 2.73. The first-order valence-corrected chi connectivity index (χ1v) is 11.9. The van der Waals surface area contributed by atoms with Crippen LogP contribution in [0, 0.1) is 0 Å². The maximum Gasteiger partial charge on any atom is 0.251 e. The number of pyridine rings is 1. The Balaban J connectivity index is 1.81. The molecule has 2 aromatic carbocycles. The maximum absolute atomic E-state index is 13.6. The number of amides is 2. The molecule has 31 heavy (non-hydrogen) atoms. The molecule has 0 saturated carbocycles. The van der Waals surface area contributed by atoms with Crippen LogP contribution in [-0.4, -0.2) is 38.0 Å². The third kappa shape index (κ3) is 3.66. The number of nitrogens with one attached hydrogen (secondary N) is 2. The number of carbonyl (C=O) groups is 2. The highest BCUT2D eigenvalue weighted by Crippen LogP contribution is 2.37. The Morgan fingerprint density at radius 1 is 1.23 bits per heavy atom. The van der Waals surface area contributed by atoms with Crippen molar-refractivity contribution in [1.29, 1.82) is 0 Å². The molecule has 160 valence electrons. The monoisotopic (exact) mass is 457 g/mol. The molecule has 7 nitrogen and oxygen atoms in total. The summed E-state index contributed by atoms with van der Waals surface area (Å²) in [5.41, 5.74) is 0.322. The third-order valence-electron chi connectivity index (χ3n) is 5.74. The second-order valence-electron chi connectivity index (χ2n) is 7.60. The van der Waals surface area contributed by atoms with Gasteiger partial charge in [0.15, 0.2) is 9.84 Å². The molecule has 1 aliphatic rings. The van der Waals surface area contributed by atoms with Crippen LogP contribution >= 0.6 is 11.6 Å². The van der Waals surface area contributed by atoms with Crippen molar-refractivity contribution in [3.8, 4) is 0 Å². The van der Waals surface area contributed by atoms with E-state index < -0.39 is 15.3 Å². The summed E-state index contributed by atoms with van der Waals surface area (Å²) < 4.78 is 24.0. The van der Waals surface area contributed by atoms with Crippen LogP contribution in [0.25, 0.3) is 10.8 Å². The van der Waals surface area contributed by atoms with Gasteiger partial charge < -0.3 is 10.6 Å². The molecular formula is C22H20ClN3O4S. The first kappa shape index (κ1) is 21.3. The molecule has 0 bridgehead atoms. The van der Waals surface area contributed by atoms with Crippen LogP contribution in [0.3, 0.4) is 0 Å². The number of aromatic nitrogens is 1. The van der Waals surface area contributed by atoms with Crippen LogP contribution < -0.4 is 10.6 Å². The number of benzene rings is 2. The zero-order valence-corrected chi connectivity index (χ0v) is 18.5. The zero-order chi connectivity index (χ0) is 22.4. The number of anilines is 1. The lowest BCUT2D eigenvalue weighted by Gasteiger charge is -2.37. The molecule has 4 rings (SSSR count). The average molecular weight is 458 g/mol. The van der Waals surface area contributed by atoms with E-state index in [1.807, 2.05) is 6.92 Å². The molecule has 0 aliphatic carbocycles. The van der Waals surface area contributed by atoms with E-state index in [0.29, 0.717) is 39.0 Å². The van der Waals surface area contributed by atoms with E-state index in [4.69, 9.17) is 11.6 Å². The van der Waals surface area contributed by atoms with Gasteiger partial charge in [-0.3, -0.25) is 14.6 Å². The number of hydrogen-bond donors (Lipinski definition) is 2. The van der Waals surface area contributed by atoms with Crippen LogP contribution in [0.15, 0.2) is 53.7 Å². The molecule has 9 heteroatoms. The van der Waals surface area contributed by atoms with Crippen molar-refractivity contribution in [2.45, 2.75) is 23.7 Å². The Labute approximate surface area is 184 Å². The van der Waals surface area contributed by atoms with Gasteiger partial charge in [-0.05, 0) is 42.3 Å². The van der Waals surface area contributed by atoms with E-state index in [-0.39, 0.29) is 23.3 Å². The number of rotatable bonds is 4. The standard InChI is InChI=1S/C22H20ClN3O4S/c1-3-22(12-25-20(27)16-7-5-14(23)8-18(16)22)21(28)26-19-11-24-10-13-4-6-15(9-17(13)19)31(2,29)30/h4-11H,3,12H2,1-2H3,(H,25,27)(H,26,28). The van der Waals surface area contributed by atoms with Crippen molar-refractivity contribution >= 4 is 49.7 Å². The summed E-state index contributed by atoms with van der Waals surface area (Å²) in [6.45, 7) is 1.99. The summed E-state index contributed by atoms with van der Waals surface area (Å²) in [7, 11) is -3.42. The predicted octanol–water partition coefficient (Wildman–Crippen LogP) is 3.32. The van der Waals surface area contributed by atoms with Gasteiger partial charge in [0, 0.05) is 40.4 Å². The van der Waals surface area contributed by atoms with Crippen LogP contribution in [0.5, 0.6) is 0 Å². The van der Waals surface area contributed by atoms with Crippen molar-refractivity contribution in [1.82, 2.24) is 10.3 Å². The summed E-state index contributed by atoms with van der Waals surface area (Å²) in [5.74, 6) is -0.592. The van der Waals surface area contributed by atoms with Crippen LogP contribution in [0.2, 0.25) is 5.02 Å². The topological polar surface area (TPSA) is 105 Å². The Hall–Kier alpha value is -2.97. The number of hydrogen-bond acceptors (Lipinski definition) is 5. The molecule has 0 spiro atoms. The number of fused-ring (bicyclic) bond motifs is 2. The van der Waals surface area contributed by atoms with Crippen LogP contribution in [-0.2, 0) is 20.0 Å². The number of halogens is 1. The Morgan fingerprint density at radius 2 is 2.00 bits per heavy atom. The Bertz CT molecular complexity index is 1340. The smallest absolute Gasteiger partial charge is 0.251 e. The molecule has 3 aromatic rings. The van der Waals surface area contributed by atoms with Gasteiger partial charge in [0.2, 0.25) is 5.91 Å². The summed E-state index contributed by atoms with van der Waals surface area (Å²) in [6.07, 6.45) is 4.63. The molecule has 1 aromatic heterocycles. The second kappa shape index (κ2) is 7.62. The quantitative estimate of drug-likeness (QED) is 0.625. The number of sulfone groups is 1. The number of carbonyl (C=O) groups excluding carboxylic acids is 2. The largest absolute Gasteiger partial charge is 0.351 e. The van der Waals surface area contributed by atoms with Gasteiger partial charge in [-0.15, -0.1) is 0 Å². The van der Waals surface area contributed by atoms with E-state index in [1.54, 1.807) is 30.5 Å². The molecular weight excluding hydrogens is 438 g/mol. The first-order chi connectivity index (χ1) is 14.7. The van der Waals surface area contributed by atoms with Gasteiger partial charge >= 0.3 is 0 Å². The highest BCUT2D eigenvalue weighted by atomic mass is 35.5. The van der Waals surface area contributed by atoms with E-state index >= 15 is 0 Å². The van der Waals surface area contributed by atoms with Gasteiger partial charge in [-0.25, -0.2) is 8.42 Å². The molecule has 1 unspecified atom stereocenters. The fraction of sp³-hybridized carbons (Fsp3) is 0.227. The highest BCUT2D eigenvalue weighted by Gasteiger charge is 2.44. The Kier molecular flexibility index (Phi) is 5.23. The van der Waals surface area contributed by atoms with Crippen molar-refractivity contribution in [2.75, 3.05) is 18.1 Å². The zero-order valence-electron chi connectivity index (χ0n) is 16.9. The minimum Gasteiger partial charge on any atom is -0.351 e. The third-order valence-corrected chi connectivity index (χ3v) is 7.08. The van der Waals surface area contributed by atoms with Gasteiger partial charge in [-0.2, -0.15) is 0 Å². The van der Waals surface area contributed by atoms with Crippen molar-refractivity contribution in [3.63, 3.8) is 0 Å². The summed E-state index contributed by atoms with van der Waals surface area (Å²) in [6, 6.07) is 9.57. The maximum atomic E-state index is 13.6. The number of nitrogens with zero attached hydrogens (tertiary/aromatic N) is 1. The fourth-order valence-corrected chi connectivity index (χ4v) is 4.74. The highest BCUT2D eigenvalue weighted by molar-refractivity contribution is 7.90. The van der Waals surface area contributed by atoms with Crippen molar-refractivity contribution in [3.05, 3.63) is 64.9 Å². The molecule has 2 heterocycles. The SMILES string of the molecule is CCC1(C(=O)Nc2cncc3ccc(S(C)(=O)=O)cc23)CNC(=O)c2ccc(Cl)cc21. The predicted molar refractivity (Wildman–Crippen MR) is 119 cm³/mol. The van der Waals surface area contributed by atoms with Crippen molar-refractivity contribution < 1.29 is 18.0 Å². The van der Waals surface area contributed by atoms with E-state index in [9.17, 15) is 18.0 Å². The molecule has 1 atom stereocenters. The molecule has 2 amide bonds. The molecule has 2 N–H and O–H groups in total. The normalized spacial score (nSPS) is 18.4. The Morgan fingerprint density at radius 3 is 2.71 bits per heavy atom. The molecule has 0 radical (unpaired) electrons. The van der Waals surface area contributed by atoms with Crippen LogP contribution in [0.4, 0.5) is 5.69 Å². The molecule has 1 aliphatic heterocycles. The summed E-state index contributed by atoms with van der Waals surface area (Å²) in [4.78, 5) is 30.2. The van der Waals surface area contributed by atoms with E-state index in [0.717, 1.165) is 6.26 Å². The summed E-state index contributed by atoms with van der Waals surface area (Å²) >= 11 is 6.18. The second-order valence-corrected chi connectivity index (χ2v) is 10.1. The lowest BCUT2D eigenvalue weighted by molar-refractivity contribution is -0.121. The lowest BCUT2D eigenvalue weighted by atomic mass is 9.72. The first-order valence-electron chi connectivity index (χ1n) is 9.63. The van der Waals surface area contributed by atoms with Gasteiger partial charge in [0.25, 0.3) is 5.91 Å². The minimum absolute atomic E-state index is 0.119. The minimum atomic E-state index is -3.42. The summed E-state index contributed by atoms with van der Waals surface area (Å²) in [5, 5.41) is 7.39. The van der Waals surface area contributed by atoms with Gasteiger partial charge in [-0.1, -0.05) is 24.6 Å². The lowest BCUT2D eigenvalue weighted by Crippen LogP contribution is -2.53. The van der Waals surface area contributed by atoms with Gasteiger partial charge in [0.05, 0.1) is 22.2 Å². The van der Waals surface area contributed by atoms with E-state index in [2.05, 4.69) is 15.6 Å². The van der Waals surface area contributed by atoms with Crippen molar-refractivity contribution in [2.24, 2.45) is 0 Å². The fourth-order valence-electron chi connectivity index (χ4n) is 3.93. The molecule has 0 fully saturated rings. The van der Waals surface area contributed by atoms with E-state index in [1.165, 1.54) is 18.3 Å².